The number of hydrogen-bond acceptors (Lipinski definition) is 3. The van der Waals surface area contributed by atoms with Crippen LogP contribution in [0.5, 0.6) is 0 Å². The molecule has 1 heterocycles. The summed E-state index contributed by atoms with van der Waals surface area (Å²) in [5.41, 5.74) is 0. The molecule has 1 rings (SSSR count). The molecule has 0 radical (unpaired) electrons. The Kier molecular flexibility index (Phi) is 6.09. The lowest BCUT2D eigenvalue weighted by atomic mass is 9.91. The molecule has 0 bridgehead atoms. The molecule has 1 aliphatic rings. The van der Waals surface area contributed by atoms with Gasteiger partial charge in [-0.1, -0.05) is 13.8 Å². The predicted molar refractivity (Wildman–Crippen MR) is 75.5 cm³/mol. The Bertz CT molecular complexity index is 258. The molecule has 0 aromatic heterocycles. The lowest BCUT2D eigenvalue weighted by molar-refractivity contribution is -0.135. The van der Waals surface area contributed by atoms with E-state index in [-0.39, 0.29) is 11.9 Å². The zero-order chi connectivity index (χ0) is 13.7. The smallest absolute Gasteiger partial charge is 0.239 e. The van der Waals surface area contributed by atoms with E-state index in [9.17, 15) is 4.79 Å². The second kappa shape index (κ2) is 7.10. The summed E-state index contributed by atoms with van der Waals surface area (Å²) in [6, 6.07) is -0.0672. The van der Waals surface area contributed by atoms with Crippen molar-refractivity contribution >= 4 is 5.91 Å². The second-order valence-corrected chi connectivity index (χ2v) is 6.17. The summed E-state index contributed by atoms with van der Waals surface area (Å²) in [6.45, 7) is 10.1. The van der Waals surface area contributed by atoms with E-state index in [1.165, 1.54) is 6.42 Å². The van der Waals surface area contributed by atoms with Crippen LogP contribution in [0.25, 0.3) is 0 Å². The highest BCUT2D eigenvalue weighted by molar-refractivity contribution is 5.81. The Morgan fingerprint density at radius 1 is 1.33 bits per heavy atom. The van der Waals surface area contributed by atoms with Crippen LogP contribution in [-0.2, 0) is 4.79 Å². The molecule has 18 heavy (non-hydrogen) atoms. The van der Waals surface area contributed by atoms with E-state index in [2.05, 4.69) is 24.1 Å². The highest BCUT2D eigenvalue weighted by Crippen LogP contribution is 2.21. The molecule has 4 heteroatoms. The fourth-order valence-electron chi connectivity index (χ4n) is 2.71. The Morgan fingerprint density at radius 3 is 2.39 bits per heavy atom. The maximum Gasteiger partial charge on any atom is 0.239 e. The normalized spacial score (nSPS) is 26.4. The molecular weight excluding hydrogens is 226 g/mol. The van der Waals surface area contributed by atoms with Crippen molar-refractivity contribution in [3.05, 3.63) is 0 Å². The Morgan fingerprint density at radius 2 is 1.89 bits per heavy atom. The molecule has 1 N–H and O–H groups in total. The van der Waals surface area contributed by atoms with Gasteiger partial charge in [0.1, 0.15) is 0 Å². The van der Waals surface area contributed by atoms with E-state index in [0.29, 0.717) is 11.8 Å². The maximum atomic E-state index is 12.3. The minimum atomic E-state index is -0.0672. The molecule has 0 aromatic carbocycles. The molecule has 0 unspecified atom stereocenters. The molecule has 106 valence electrons. The van der Waals surface area contributed by atoms with Crippen LogP contribution < -0.4 is 5.32 Å². The van der Waals surface area contributed by atoms with Gasteiger partial charge >= 0.3 is 0 Å². The summed E-state index contributed by atoms with van der Waals surface area (Å²) in [5, 5.41) is 3.31. The Labute approximate surface area is 112 Å². The number of carbonyl (C=O) groups is 1. The average molecular weight is 255 g/mol. The quantitative estimate of drug-likeness (QED) is 0.797. The lowest BCUT2D eigenvalue weighted by Gasteiger charge is -2.36. The number of nitrogens with one attached hydrogen (secondary N) is 1. The summed E-state index contributed by atoms with van der Waals surface area (Å²) in [5.74, 6) is 1.52. The van der Waals surface area contributed by atoms with E-state index < -0.39 is 0 Å². The molecule has 0 saturated carbocycles. The zero-order valence-corrected chi connectivity index (χ0v) is 12.6. The van der Waals surface area contributed by atoms with E-state index >= 15 is 0 Å². The topological polar surface area (TPSA) is 35.6 Å². The third-order valence-corrected chi connectivity index (χ3v) is 3.56. The molecule has 4 nitrogen and oxygen atoms in total. The first-order chi connectivity index (χ1) is 8.40. The summed E-state index contributed by atoms with van der Waals surface area (Å²) in [6.07, 6.45) is 1.24. The van der Waals surface area contributed by atoms with Gasteiger partial charge in [-0.3, -0.25) is 4.79 Å². The van der Waals surface area contributed by atoms with Crippen LogP contribution in [0.4, 0.5) is 0 Å². The van der Waals surface area contributed by atoms with Gasteiger partial charge in [0.25, 0.3) is 0 Å². The van der Waals surface area contributed by atoms with Gasteiger partial charge in [0, 0.05) is 26.2 Å². The number of nitrogens with zero attached hydrogens (tertiary/aromatic N) is 2. The number of likely N-dealkylation sites (N-methyl/N-ethyl adjacent to an activating group) is 1. The van der Waals surface area contributed by atoms with Crippen molar-refractivity contribution in [2.75, 3.05) is 40.3 Å². The number of hydrogen-bond donors (Lipinski definition) is 1. The minimum Gasteiger partial charge on any atom is -0.341 e. The van der Waals surface area contributed by atoms with E-state index in [1.54, 1.807) is 0 Å². The maximum absolute atomic E-state index is 12.3. The molecular formula is C14H29N3O. The van der Waals surface area contributed by atoms with Gasteiger partial charge in [-0.15, -0.1) is 0 Å². The molecule has 1 saturated heterocycles. The highest BCUT2D eigenvalue weighted by Gasteiger charge is 2.27. The Balaban J connectivity index is 2.38. The second-order valence-electron chi connectivity index (χ2n) is 6.17. The number of amides is 1. The average Bonchev–Trinajstić information content (AvgIpc) is 2.26. The van der Waals surface area contributed by atoms with Crippen LogP contribution in [0, 0.1) is 11.8 Å². The highest BCUT2D eigenvalue weighted by atomic mass is 16.2. The van der Waals surface area contributed by atoms with Gasteiger partial charge < -0.3 is 15.1 Å². The van der Waals surface area contributed by atoms with Crippen LogP contribution >= 0.6 is 0 Å². The monoisotopic (exact) mass is 255 g/mol. The number of carbonyl (C=O) groups excluding carboxylic acids is 1. The van der Waals surface area contributed by atoms with Crippen LogP contribution in [0.3, 0.4) is 0 Å². The fourth-order valence-corrected chi connectivity index (χ4v) is 2.71. The molecule has 1 fully saturated rings. The molecule has 1 amide bonds. The molecule has 1 aliphatic heterocycles. The van der Waals surface area contributed by atoms with Gasteiger partial charge in [-0.2, -0.15) is 0 Å². The first-order valence-corrected chi connectivity index (χ1v) is 7.07. The third-order valence-electron chi connectivity index (χ3n) is 3.56. The SMILES string of the molecule is C[C@H]1C[C@H](C)CN(C(=O)[C@@H](C)NCCN(C)C)C1. The lowest BCUT2D eigenvalue weighted by Crippen LogP contribution is -2.50. The molecule has 3 atom stereocenters. The molecule has 0 aliphatic carbocycles. The van der Waals surface area contributed by atoms with Crippen molar-refractivity contribution in [2.45, 2.75) is 33.2 Å². The Hall–Kier alpha value is -0.610. The van der Waals surface area contributed by atoms with Gasteiger partial charge in [0.2, 0.25) is 5.91 Å². The fraction of sp³-hybridized carbons (Fsp3) is 0.929. The third kappa shape index (κ3) is 4.94. The first-order valence-electron chi connectivity index (χ1n) is 7.07. The van der Waals surface area contributed by atoms with Crippen LogP contribution in [0.1, 0.15) is 27.2 Å². The van der Waals surface area contributed by atoms with Crippen molar-refractivity contribution in [3.63, 3.8) is 0 Å². The van der Waals surface area contributed by atoms with E-state index in [4.69, 9.17) is 0 Å². The van der Waals surface area contributed by atoms with Crippen LogP contribution in [0.15, 0.2) is 0 Å². The summed E-state index contributed by atoms with van der Waals surface area (Å²) in [7, 11) is 4.09. The minimum absolute atomic E-state index is 0.0672. The van der Waals surface area contributed by atoms with Crippen molar-refractivity contribution < 1.29 is 4.79 Å². The summed E-state index contributed by atoms with van der Waals surface area (Å²) < 4.78 is 0. The zero-order valence-electron chi connectivity index (χ0n) is 12.6. The number of rotatable bonds is 5. The largest absolute Gasteiger partial charge is 0.341 e. The van der Waals surface area contributed by atoms with E-state index in [0.717, 1.165) is 26.2 Å². The summed E-state index contributed by atoms with van der Waals surface area (Å²) >= 11 is 0. The van der Waals surface area contributed by atoms with Crippen LogP contribution in [0.2, 0.25) is 0 Å². The number of likely N-dealkylation sites (tertiary alicyclic amines) is 1. The molecule has 0 aromatic rings. The van der Waals surface area contributed by atoms with Gasteiger partial charge in [0.15, 0.2) is 0 Å². The first kappa shape index (κ1) is 15.4. The van der Waals surface area contributed by atoms with Crippen LogP contribution in [-0.4, -0.2) is 62.0 Å². The van der Waals surface area contributed by atoms with Gasteiger partial charge in [-0.05, 0) is 39.3 Å². The van der Waals surface area contributed by atoms with Crippen molar-refractivity contribution in [1.82, 2.24) is 15.1 Å². The van der Waals surface area contributed by atoms with E-state index in [1.807, 2.05) is 25.9 Å². The summed E-state index contributed by atoms with van der Waals surface area (Å²) in [4.78, 5) is 16.5. The van der Waals surface area contributed by atoms with Crippen molar-refractivity contribution in [2.24, 2.45) is 11.8 Å². The van der Waals surface area contributed by atoms with Gasteiger partial charge in [0.05, 0.1) is 6.04 Å². The van der Waals surface area contributed by atoms with Gasteiger partial charge in [-0.25, -0.2) is 0 Å². The standard InChI is InChI=1S/C14H29N3O/c1-11-8-12(2)10-17(9-11)14(18)13(3)15-6-7-16(4)5/h11-13,15H,6-10H2,1-5H3/t11-,12-,13+/m0/s1. The van der Waals surface area contributed by atoms with Crippen molar-refractivity contribution in [1.29, 1.82) is 0 Å². The predicted octanol–water partition coefficient (Wildman–Crippen LogP) is 1.03. The number of piperidine rings is 1. The molecule has 0 spiro atoms. The van der Waals surface area contributed by atoms with Crippen molar-refractivity contribution in [3.8, 4) is 0 Å².